The van der Waals surface area contributed by atoms with Crippen molar-refractivity contribution in [2.24, 2.45) is 5.92 Å². The van der Waals surface area contributed by atoms with Gasteiger partial charge in [0.25, 0.3) is 0 Å². The van der Waals surface area contributed by atoms with E-state index < -0.39 is 0 Å². The normalized spacial score (nSPS) is 28.9. The fraction of sp³-hybridized carbons (Fsp3) is 0.875. The first-order chi connectivity index (χ1) is 9.49. The molecule has 0 aromatic rings. The number of hydrogen-bond acceptors (Lipinski definition) is 2. The molecule has 0 saturated carbocycles. The Morgan fingerprint density at radius 1 is 1.15 bits per heavy atom. The molecular weight excluding hydrogens is 252 g/mol. The molecule has 2 aliphatic heterocycles. The van der Waals surface area contributed by atoms with E-state index in [-0.39, 0.29) is 35.9 Å². The number of rotatable bonds is 4. The molecule has 0 bridgehead atoms. The quantitative estimate of drug-likeness (QED) is 0.793. The Morgan fingerprint density at radius 3 is 2.45 bits per heavy atom. The lowest BCUT2D eigenvalue weighted by Crippen LogP contribution is -2.68. The molecule has 0 N–H and O–H groups in total. The molecule has 4 nitrogen and oxygen atoms in total. The fourth-order valence-electron chi connectivity index (χ4n) is 3.70. The highest BCUT2D eigenvalue weighted by molar-refractivity contribution is 5.97. The van der Waals surface area contributed by atoms with Gasteiger partial charge in [-0.1, -0.05) is 27.2 Å². The predicted octanol–water partition coefficient (Wildman–Crippen LogP) is 2.42. The zero-order valence-corrected chi connectivity index (χ0v) is 13.3. The van der Waals surface area contributed by atoms with Crippen molar-refractivity contribution in [2.75, 3.05) is 6.54 Å². The molecule has 4 heteroatoms. The van der Waals surface area contributed by atoms with Crippen LogP contribution in [-0.4, -0.2) is 46.3 Å². The lowest BCUT2D eigenvalue weighted by Gasteiger charge is -2.50. The summed E-state index contributed by atoms with van der Waals surface area (Å²) in [6.07, 6.45) is 4.94. The van der Waals surface area contributed by atoms with Crippen molar-refractivity contribution in [3.8, 4) is 0 Å². The van der Waals surface area contributed by atoms with Crippen LogP contribution in [0.2, 0.25) is 0 Å². The number of carbonyl (C=O) groups is 2. The highest BCUT2D eigenvalue weighted by atomic mass is 16.2. The van der Waals surface area contributed by atoms with Crippen LogP contribution in [0.25, 0.3) is 0 Å². The Hall–Kier alpha value is -1.06. The maximum atomic E-state index is 12.9. The summed E-state index contributed by atoms with van der Waals surface area (Å²) in [6, 6.07) is -0.295. The van der Waals surface area contributed by atoms with Crippen LogP contribution in [-0.2, 0) is 9.59 Å². The molecule has 0 aromatic heterocycles. The minimum Gasteiger partial charge on any atom is -0.329 e. The number of hydrogen-bond donors (Lipinski definition) is 0. The first kappa shape index (κ1) is 15.3. The second-order valence-electron chi connectivity index (χ2n) is 6.62. The smallest absolute Gasteiger partial charge is 0.246 e. The van der Waals surface area contributed by atoms with Gasteiger partial charge in [0.15, 0.2) is 0 Å². The van der Waals surface area contributed by atoms with Crippen LogP contribution in [0.15, 0.2) is 0 Å². The molecule has 0 aromatic carbocycles. The summed E-state index contributed by atoms with van der Waals surface area (Å²) in [7, 11) is 0. The number of carbonyl (C=O) groups excluding carboxylic acids is 2. The lowest BCUT2D eigenvalue weighted by atomic mass is 9.89. The minimum atomic E-state index is -0.265. The van der Waals surface area contributed by atoms with E-state index in [0.29, 0.717) is 0 Å². The summed E-state index contributed by atoms with van der Waals surface area (Å²) in [6.45, 7) is 9.07. The minimum absolute atomic E-state index is 0.160. The van der Waals surface area contributed by atoms with Crippen LogP contribution in [0.3, 0.4) is 0 Å². The van der Waals surface area contributed by atoms with Gasteiger partial charge in [-0.15, -0.1) is 0 Å². The van der Waals surface area contributed by atoms with Crippen LogP contribution in [0.5, 0.6) is 0 Å². The van der Waals surface area contributed by atoms with E-state index >= 15 is 0 Å². The summed E-state index contributed by atoms with van der Waals surface area (Å²) >= 11 is 0. The molecule has 20 heavy (non-hydrogen) atoms. The van der Waals surface area contributed by atoms with Crippen LogP contribution >= 0.6 is 0 Å². The molecule has 2 heterocycles. The largest absolute Gasteiger partial charge is 0.329 e. The molecule has 2 aliphatic rings. The van der Waals surface area contributed by atoms with Gasteiger partial charge in [0, 0.05) is 12.6 Å². The molecule has 3 unspecified atom stereocenters. The Bertz CT molecular complexity index is 381. The van der Waals surface area contributed by atoms with E-state index in [0.717, 1.165) is 38.6 Å². The first-order valence-corrected chi connectivity index (χ1v) is 8.11. The zero-order chi connectivity index (χ0) is 14.9. The number of piperidine rings is 1. The summed E-state index contributed by atoms with van der Waals surface area (Å²) in [5, 5.41) is 0. The van der Waals surface area contributed by atoms with E-state index in [4.69, 9.17) is 0 Å². The van der Waals surface area contributed by atoms with Gasteiger partial charge in [0.2, 0.25) is 11.8 Å². The average molecular weight is 280 g/mol. The van der Waals surface area contributed by atoms with Crippen molar-refractivity contribution < 1.29 is 9.59 Å². The predicted molar refractivity (Wildman–Crippen MR) is 79.2 cm³/mol. The first-order valence-electron chi connectivity index (χ1n) is 8.11. The molecular formula is C16H28N2O2. The average Bonchev–Trinajstić information content (AvgIpc) is 2.42. The van der Waals surface area contributed by atoms with Crippen molar-refractivity contribution in [1.29, 1.82) is 0 Å². The SMILES string of the molecule is CCCC(C)N1C(=O)C2CCCCN2C(=O)C1C(C)C. The van der Waals surface area contributed by atoms with Gasteiger partial charge < -0.3 is 9.80 Å². The van der Waals surface area contributed by atoms with Gasteiger partial charge in [0.05, 0.1) is 0 Å². The standard InChI is InChI=1S/C16H28N2O2/c1-5-8-12(4)18-14(11(2)3)16(20)17-10-7-6-9-13(17)15(18)19/h11-14H,5-10H2,1-4H3. The fourth-order valence-corrected chi connectivity index (χ4v) is 3.70. The van der Waals surface area contributed by atoms with Crippen LogP contribution in [0, 0.1) is 5.92 Å². The third-order valence-electron chi connectivity index (χ3n) is 4.69. The van der Waals surface area contributed by atoms with Crippen molar-refractivity contribution >= 4 is 11.8 Å². The zero-order valence-electron chi connectivity index (χ0n) is 13.3. The molecule has 2 saturated heterocycles. The highest BCUT2D eigenvalue weighted by Gasteiger charge is 2.48. The third kappa shape index (κ3) is 2.57. The molecule has 2 rings (SSSR count). The van der Waals surface area contributed by atoms with Gasteiger partial charge in [-0.25, -0.2) is 0 Å². The van der Waals surface area contributed by atoms with E-state index in [1.807, 2.05) is 23.6 Å². The van der Waals surface area contributed by atoms with Crippen LogP contribution in [0.4, 0.5) is 0 Å². The summed E-state index contributed by atoms with van der Waals surface area (Å²) in [4.78, 5) is 29.4. The van der Waals surface area contributed by atoms with E-state index in [1.165, 1.54) is 0 Å². The number of fused-ring (bicyclic) bond motifs is 1. The van der Waals surface area contributed by atoms with Gasteiger partial charge in [-0.2, -0.15) is 0 Å². The second-order valence-corrected chi connectivity index (χ2v) is 6.62. The number of amides is 2. The Labute approximate surface area is 122 Å². The van der Waals surface area contributed by atoms with Crippen molar-refractivity contribution in [2.45, 2.75) is 77.9 Å². The molecule has 2 fully saturated rings. The highest BCUT2D eigenvalue weighted by Crippen LogP contribution is 2.31. The maximum Gasteiger partial charge on any atom is 0.246 e. The van der Waals surface area contributed by atoms with Gasteiger partial charge in [-0.05, 0) is 38.5 Å². The molecule has 0 spiro atoms. The summed E-state index contributed by atoms with van der Waals surface area (Å²) in [5.74, 6) is 0.532. The second kappa shape index (κ2) is 6.15. The van der Waals surface area contributed by atoms with E-state index in [2.05, 4.69) is 13.8 Å². The number of piperazine rings is 1. The van der Waals surface area contributed by atoms with Crippen molar-refractivity contribution in [3.63, 3.8) is 0 Å². The Morgan fingerprint density at radius 2 is 1.85 bits per heavy atom. The van der Waals surface area contributed by atoms with Gasteiger partial charge in [-0.3, -0.25) is 9.59 Å². The molecule has 3 atom stereocenters. The lowest BCUT2D eigenvalue weighted by molar-refractivity contribution is -0.168. The third-order valence-corrected chi connectivity index (χ3v) is 4.69. The maximum absolute atomic E-state index is 12.9. The molecule has 2 amide bonds. The molecule has 0 radical (unpaired) electrons. The summed E-state index contributed by atoms with van der Waals surface area (Å²) < 4.78 is 0. The van der Waals surface area contributed by atoms with Crippen molar-refractivity contribution in [1.82, 2.24) is 9.80 Å². The topological polar surface area (TPSA) is 40.6 Å². The van der Waals surface area contributed by atoms with Gasteiger partial charge >= 0.3 is 0 Å². The number of nitrogens with zero attached hydrogens (tertiary/aromatic N) is 2. The molecule has 0 aliphatic carbocycles. The summed E-state index contributed by atoms with van der Waals surface area (Å²) in [5.41, 5.74) is 0. The Balaban J connectivity index is 2.31. The van der Waals surface area contributed by atoms with Gasteiger partial charge in [0.1, 0.15) is 12.1 Å². The van der Waals surface area contributed by atoms with E-state index in [1.54, 1.807) is 0 Å². The molecule has 114 valence electrons. The van der Waals surface area contributed by atoms with Crippen LogP contribution < -0.4 is 0 Å². The monoisotopic (exact) mass is 280 g/mol. The Kier molecular flexibility index (Phi) is 4.71. The van der Waals surface area contributed by atoms with Crippen molar-refractivity contribution in [3.05, 3.63) is 0 Å². The van der Waals surface area contributed by atoms with E-state index in [9.17, 15) is 9.59 Å². The van der Waals surface area contributed by atoms with Crippen LogP contribution in [0.1, 0.15) is 59.8 Å².